The molecule has 32 heavy (non-hydrogen) atoms. The third kappa shape index (κ3) is 3.04. The smallest absolute Gasteiger partial charge is 0.165 e. The van der Waals surface area contributed by atoms with Gasteiger partial charge in [0, 0.05) is 34.3 Å². The molecule has 0 atom stereocenters. The third-order valence-corrected chi connectivity index (χ3v) is 7.02. The molecule has 3 N–H and O–H groups in total. The molecule has 6 nitrogen and oxygen atoms in total. The second-order valence-corrected chi connectivity index (χ2v) is 9.99. The highest BCUT2D eigenvalue weighted by molar-refractivity contribution is 7.08. The van der Waals surface area contributed by atoms with Gasteiger partial charge in [-0.25, -0.2) is 9.97 Å². The highest BCUT2D eigenvalue weighted by atomic mass is 32.1. The van der Waals surface area contributed by atoms with Crippen LogP contribution in [-0.2, 0) is 5.54 Å². The Morgan fingerprint density at radius 1 is 1.09 bits per heavy atom. The molecule has 4 aromatic heterocycles. The van der Waals surface area contributed by atoms with Gasteiger partial charge in [-0.05, 0) is 60.7 Å². The summed E-state index contributed by atoms with van der Waals surface area (Å²) in [6.07, 6.45) is 3.00. The van der Waals surface area contributed by atoms with Gasteiger partial charge >= 0.3 is 0 Å². The molecule has 160 valence electrons. The second-order valence-electron chi connectivity index (χ2n) is 9.21. The van der Waals surface area contributed by atoms with E-state index in [9.17, 15) is 5.11 Å². The Labute approximate surface area is 189 Å². The van der Waals surface area contributed by atoms with Crippen molar-refractivity contribution in [1.29, 1.82) is 0 Å². The van der Waals surface area contributed by atoms with E-state index in [1.807, 2.05) is 30.6 Å². The lowest BCUT2D eigenvalue weighted by atomic mass is 9.63. The summed E-state index contributed by atoms with van der Waals surface area (Å²) < 4.78 is 1.81. The van der Waals surface area contributed by atoms with Crippen LogP contribution in [0.25, 0.3) is 39.1 Å². The predicted molar refractivity (Wildman–Crippen MR) is 127 cm³/mol. The monoisotopic (exact) mass is 441 g/mol. The number of aliphatic hydroxyl groups is 1. The predicted octanol–water partition coefficient (Wildman–Crippen LogP) is 4.68. The molecule has 0 amide bonds. The second kappa shape index (κ2) is 6.68. The van der Waals surface area contributed by atoms with Crippen molar-refractivity contribution < 1.29 is 5.11 Å². The molecule has 0 aliphatic heterocycles. The van der Waals surface area contributed by atoms with Crippen LogP contribution in [0.1, 0.15) is 31.0 Å². The first kappa shape index (κ1) is 19.5. The van der Waals surface area contributed by atoms with E-state index in [0.717, 1.165) is 50.3 Å². The average Bonchev–Trinajstić information content (AvgIpc) is 3.40. The van der Waals surface area contributed by atoms with Crippen LogP contribution in [0.5, 0.6) is 0 Å². The standard InChI is InChI=1S/C25H23N5OS/c1-15-9-21-27-11-18-10-20(17-7-8-32-12-17)22(28-23(18)30(21)29-15)16-3-5-19(6-4-16)25(26)13-24(2,31)14-25/h3-12,31H,13-14,26H2,1-2H3/t24-,25+. The van der Waals surface area contributed by atoms with E-state index in [1.165, 1.54) is 0 Å². The number of aryl methyl sites for hydroxylation is 1. The summed E-state index contributed by atoms with van der Waals surface area (Å²) >= 11 is 1.66. The molecule has 0 bridgehead atoms. The van der Waals surface area contributed by atoms with Crippen LogP contribution >= 0.6 is 11.3 Å². The molecule has 0 saturated heterocycles. The molecular weight excluding hydrogens is 418 g/mol. The lowest BCUT2D eigenvalue weighted by molar-refractivity contribution is -0.0738. The summed E-state index contributed by atoms with van der Waals surface area (Å²) in [6.45, 7) is 3.80. The van der Waals surface area contributed by atoms with E-state index in [-0.39, 0.29) is 0 Å². The molecule has 1 saturated carbocycles. The molecular formula is C25H23N5OS. The largest absolute Gasteiger partial charge is 0.390 e. The van der Waals surface area contributed by atoms with E-state index in [1.54, 1.807) is 11.3 Å². The zero-order valence-corrected chi connectivity index (χ0v) is 18.7. The van der Waals surface area contributed by atoms with E-state index in [2.05, 4.69) is 57.2 Å². The van der Waals surface area contributed by atoms with Gasteiger partial charge in [0.05, 0.1) is 17.0 Å². The summed E-state index contributed by atoms with van der Waals surface area (Å²) in [4.78, 5) is 9.64. The Morgan fingerprint density at radius 2 is 1.88 bits per heavy atom. The third-order valence-electron chi connectivity index (χ3n) is 6.34. The van der Waals surface area contributed by atoms with Crippen LogP contribution in [0.4, 0.5) is 0 Å². The SMILES string of the molecule is Cc1cc2ncc3cc(-c4ccsc4)c(-c4ccc([C@]5(N)C[C@@](C)(O)C5)cc4)nc3n2n1. The molecule has 7 heteroatoms. The van der Waals surface area contributed by atoms with Gasteiger partial charge in [-0.3, -0.25) is 0 Å². The van der Waals surface area contributed by atoms with Crippen molar-refractivity contribution in [2.24, 2.45) is 5.73 Å². The van der Waals surface area contributed by atoms with Gasteiger partial charge < -0.3 is 10.8 Å². The van der Waals surface area contributed by atoms with Gasteiger partial charge in [0.1, 0.15) is 0 Å². The molecule has 0 spiro atoms. The molecule has 4 heterocycles. The zero-order chi connectivity index (χ0) is 22.1. The molecule has 1 aliphatic rings. The van der Waals surface area contributed by atoms with Crippen molar-refractivity contribution in [2.75, 3.05) is 0 Å². The van der Waals surface area contributed by atoms with Gasteiger partial charge in [0.2, 0.25) is 0 Å². The summed E-state index contributed by atoms with van der Waals surface area (Å²) in [6, 6.07) is 14.5. The number of rotatable bonds is 3. The van der Waals surface area contributed by atoms with Crippen molar-refractivity contribution >= 4 is 28.0 Å². The van der Waals surface area contributed by atoms with Crippen LogP contribution < -0.4 is 5.73 Å². The lowest BCUT2D eigenvalue weighted by Gasteiger charge is -2.49. The van der Waals surface area contributed by atoms with Crippen molar-refractivity contribution in [2.45, 2.75) is 37.8 Å². The quantitative estimate of drug-likeness (QED) is 0.424. The van der Waals surface area contributed by atoms with E-state index < -0.39 is 11.1 Å². The Morgan fingerprint density at radius 3 is 2.56 bits per heavy atom. The minimum atomic E-state index is -0.680. The number of benzene rings is 1. The average molecular weight is 442 g/mol. The first-order valence-electron chi connectivity index (χ1n) is 10.6. The molecule has 5 aromatic rings. The van der Waals surface area contributed by atoms with Crippen LogP contribution in [0.15, 0.2) is 59.4 Å². The minimum Gasteiger partial charge on any atom is -0.390 e. The summed E-state index contributed by atoms with van der Waals surface area (Å²) in [7, 11) is 0. The van der Waals surface area contributed by atoms with Gasteiger partial charge in [-0.1, -0.05) is 24.3 Å². The summed E-state index contributed by atoms with van der Waals surface area (Å²) in [5.41, 5.74) is 13.0. The Hall–Kier alpha value is -3.13. The molecule has 1 fully saturated rings. The fraction of sp³-hybridized carbons (Fsp3) is 0.240. The Kier molecular flexibility index (Phi) is 4.08. The number of nitrogens with two attached hydrogens (primary N) is 1. The fourth-order valence-corrected chi connectivity index (χ4v) is 5.64. The normalized spacial score (nSPS) is 23.0. The van der Waals surface area contributed by atoms with Crippen LogP contribution in [0.2, 0.25) is 0 Å². The van der Waals surface area contributed by atoms with E-state index in [0.29, 0.717) is 12.8 Å². The maximum absolute atomic E-state index is 10.2. The molecule has 6 rings (SSSR count). The number of aromatic nitrogens is 4. The Balaban J connectivity index is 1.52. The van der Waals surface area contributed by atoms with E-state index in [4.69, 9.17) is 10.7 Å². The number of pyridine rings is 1. The number of hydrogen-bond acceptors (Lipinski definition) is 6. The van der Waals surface area contributed by atoms with Crippen LogP contribution in [-0.4, -0.2) is 30.3 Å². The van der Waals surface area contributed by atoms with Crippen molar-refractivity contribution in [1.82, 2.24) is 19.6 Å². The fourth-order valence-electron chi connectivity index (χ4n) is 4.98. The van der Waals surface area contributed by atoms with Gasteiger partial charge in [-0.15, -0.1) is 0 Å². The highest BCUT2D eigenvalue weighted by Gasteiger charge is 2.49. The zero-order valence-electron chi connectivity index (χ0n) is 17.9. The molecule has 0 unspecified atom stereocenters. The van der Waals surface area contributed by atoms with Crippen LogP contribution in [0, 0.1) is 6.92 Å². The first-order valence-corrected chi connectivity index (χ1v) is 11.6. The number of nitrogens with zero attached hydrogens (tertiary/aromatic N) is 4. The lowest BCUT2D eigenvalue weighted by Crippen LogP contribution is -2.58. The van der Waals surface area contributed by atoms with Gasteiger partial charge in [0.25, 0.3) is 0 Å². The minimum absolute atomic E-state index is 0.473. The number of thiophene rings is 1. The molecule has 0 radical (unpaired) electrons. The van der Waals surface area contributed by atoms with Crippen molar-refractivity contribution in [3.63, 3.8) is 0 Å². The molecule has 1 aliphatic carbocycles. The van der Waals surface area contributed by atoms with E-state index >= 15 is 0 Å². The topological polar surface area (TPSA) is 89.3 Å². The summed E-state index contributed by atoms with van der Waals surface area (Å²) in [5, 5.41) is 19.9. The first-order chi connectivity index (χ1) is 15.3. The summed E-state index contributed by atoms with van der Waals surface area (Å²) in [5.74, 6) is 0. The molecule has 1 aromatic carbocycles. The number of hydrogen-bond donors (Lipinski definition) is 2. The maximum atomic E-state index is 10.2. The van der Waals surface area contributed by atoms with Gasteiger partial charge in [-0.2, -0.15) is 21.0 Å². The maximum Gasteiger partial charge on any atom is 0.165 e. The Bertz CT molecular complexity index is 1460. The van der Waals surface area contributed by atoms with Crippen molar-refractivity contribution in [3.8, 4) is 22.4 Å². The van der Waals surface area contributed by atoms with Crippen LogP contribution in [0.3, 0.4) is 0 Å². The number of fused-ring (bicyclic) bond motifs is 3. The highest BCUT2D eigenvalue weighted by Crippen LogP contribution is 2.46. The van der Waals surface area contributed by atoms with Gasteiger partial charge in [0.15, 0.2) is 11.3 Å². The van der Waals surface area contributed by atoms with Crippen molar-refractivity contribution in [3.05, 3.63) is 70.7 Å².